The lowest BCUT2D eigenvalue weighted by Gasteiger charge is -2.58. The van der Waals surface area contributed by atoms with Crippen LogP contribution in [0.1, 0.15) is 72.6 Å². The molecule has 0 N–H and O–H groups in total. The van der Waals surface area contributed by atoms with Gasteiger partial charge < -0.3 is 9.47 Å². The predicted octanol–water partition coefficient (Wildman–Crippen LogP) is 4.56. The Labute approximate surface area is 172 Å². The van der Waals surface area contributed by atoms with Crippen LogP contribution in [-0.2, 0) is 19.1 Å². The van der Waals surface area contributed by atoms with E-state index in [-0.39, 0.29) is 46.9 Å². The van der Waals surface area contributed by atoms with Crippen molar-refractivity contribution in [1.29, 1.82) is 0 Å². The van der Waals surface area contributed by atoms with E-state index in [1.54, 1.807) is 0 Å². The third kappa shape index (κ3) is 3.23. The Hall–Kier alpha value is -1.72. The van der Waals surface area contributed by atoms with Gasteiger partial charge in [-0.1, -0.05) is 30.7 Å². The molecule has 6 heteroatoms. The number of carbonyl (C=O) groups is 2. The van der Waals surface area contributed by atoms with Gasteiger partial charge in [0.15, 0.2) is 0 Å². The van der Waals surface area contributed by atoms with E-state index in [9.17, 15) is 14.5 Å². The lowest BCUT2D eigenvalue weighted by atomic mass is 9.47. The highest BCUT2D eigenvalue weighted by atomic mass is 16.5. The fraction of sp³-hybridized carbons (Fsp3) is 0.826. The summed E-state index contributed by atoms with van der Waals surface area (Å²) in [6.45, 7) is 7.52. The van der Waals surface area contributed by atoms with Crippen molar-refractivity contribution in [3.63, 3.8) is 0 Å². The molecule has 0 bridgehead atoms. The second-order valence-corrected chi connectivity index (χ2v) is 10.2. The average Bonchev–Trinajstić information content (AvgIpc) is 2.97. The SMILES string of the molecule is CC(=O)OC1CC[C@@]2(C)C(=CC(N=O)[C@@H]3[C@H]2CC[C@]2(C)C(OC(C)=O)CC[C@@H]32)C1. The maximum Gasteiger partial charge on any atom is 0.302 e. The van der Waals surface area contributed by atoms with Crippen LogP contribution in [0.2, 0.25) is 0 Å². The van der Waals surface area contributed by atoms with Gasteiger partial charge in [0.25, 0.3) is 0 Å². The van der Waals surface area contributed by atoms with Crippen molar-refractivity contribution in [1.82, 2.24) is 0 Å². The maximum atomic E-state index is 11.9. The van der Waals surface area contributed by atoms with Gasteiger partial charge in [-0.05, 0) is 61.7 Å². The van der Waals surface area contributed by atoms with Crippen molar-refractivity contribution in [2.75, 3.05) is 0 Å². The summed E-state index contributed by atoms with van der Waals surface area (Å²) in [5.74, 6) is 0.483. The normalized spacial score (nSPS) is 45.9. The smallest absolute Gasteiger partial charge is 0.302 e. The van der Waals surface area contributed by atoms with Gasteiger partial charge in [0, 0.05) is 25.7 Å². The van der Waals surface area contributed by atoms with E-state index in [0.29, 0.717) is 18.3 Å². The number of hydrogen-bond donors (Lipinski definition) is 0. The molecule has 0 aromatic carbocycles. The largest absolute Gasteiger partial charge is 0.462 e. The Morgan fingerprint density at radius 2 is 1.72 bits per heavy atom. The first kappa shape index (κ1) is 20.5. The molecule has 3 unspecified atom stereocenters. The third-order valence-corrected chi connectivity index (χ3v) is 8.76. The topological polar surface area (TPSA) is 82.0 Å². The highest BCUT2D eigenvalue weighted by Gasteiger charge is 2.62. The maximum absolute atomic E-state index is 11.9. The zero-order valence-corrected chi connectivity index (χ0v) is 18.0. The Kier molecular flexibility index (Phi) is 5.11. The molecule has 0 saturated heterocycles. The van der Waals surface area contributed by atoms with Crippen LogP contribution in [0.5, 0.6) is 0 Å². The number of ether oxygens (including phenoxy) is 2. The van der Waals surface area contributed by atoms with Gasteiger partial charge in [-0.3, -0.25) is 9.59 Å². The minimum absolute atomic E-state index is 0.0311. The molecular weight excluding hydrogens is 370 g/mol. The Morgan fingerprint density at radius 3 is 2.38 bits per heavy atom. The molecule has 29 heavy (non-hydrogen) atoms. The molecule has 0 aliphatic heterocycles. The van der Waals surface area contributed by atoms with E-state index in [1.807, 2.05) is 0 Å². The minimum atomic E-state index is -0.347. The van der Waals surface area contributed by atoms with Crippen LogP contribution >= 0.6 is 0 Å². The Morgan fingerprint density at radius 1 is 1.00 bits per heavy atom. The van der Waals surface area contributed by atoms with Crippen LogP contribution in [0, 0.1) is 33.5 Å². The first-order chi connectivity index (χ1) is 13.7. The summed E-state index contributed by atoms with van der Waals surface area (Å²) in [5, 5.41) is 3.58. The van der Waals surface area contributed by atoms with E-state index < -0.39 is 0 Å². The van der Waals surface area contributed by atoms with Gasteiger partial charge in [0.2, 0.25) is 0 Å². The quantitative estimate of drug-likeness (QED) is 0.392. The molecule has 3 saturated carbocycles. The van der Waals surface area contributed by atoms with Crippen LogP contribution in [0.4, 0.5) is 0 Å². The zero-order valence-electron chi connectivity index (χ0n) is 18.0. The number of nitroso groups, excluding NO2 is 1. The lowest BCUT2D eigenvalue weighted by Crippen LogP contribution is -2.55. The molecule has 0 spiro atoms. The summed E-state index contributed by atoms with van der Waals surface area (Å²) >= 11 is 0. The Balaban J connectivity index is 1.65. The molecule has 0 amide bonds. The molecule has 4 aliphatic carbocycles. The molecule has 160 valence electrons. The monoisotopic (exact) mass is 403 g/mol. The van der Waals surface area contributed by atoms with E-state index in [0.717, 1.165) is 38.5 Å². The van der Waals surface area contributed by atoms with Crippen molar-refractivity contribution in [3.8, 4) is 0 Å². The summed E-state index contributed by atoms with van der Waals surface area (Å²) in [6.07, 6.45) is 8.38. The minimum Gasteiger partial charge on any atom is -0.462 e. The van der Waals surface area contributed by atoms with Crippen molar-refractivity contribution >= 4 is 11.9 Å². The van der Waals surface area contributed by atoms with Gasteiger partial charge in [-0.2, -0.15) is 4.91 Å². The van der Waals surface area contributed by atoms with E-state index in [4.69, 9.17) is 9.47 Å². The summed E-state index contributed by atoms with van der Waals surface area (Å²) in [7, 11) is 0. The van der Waals surface area contributed by atoms with Crippen LogP contribution < -0.4 is 0 Å². The van der Waals surface area contributed by atoms with Crippen LogP contribution in [0.3, 0.4) is 0 Å². The van der Waals surface area contributed by atoms with E-state index in [2.05, 4.69) is 25.1 Å². The molecule has 3 fully saturated rings. The van der Waals surface area contributed by atoms with Crippen LogP contribution in [-0.4, -0.2) is 30.2 Å². The number of rotatable bonds is 3. The predicted molar refractivity (Wildman–Crippen MR) is 108 cm³/mol. The van der Waals surface area contributed by atoms with Crippen LogP contribution in [0.15, 0.2) is 16.8 Å². The molecular formula is C23H33NO5. The van der Waals surface area contributed by atoms with Crippen molar-refractivity contribution < 1.29 is 19.1 Å². The number of carbonyl (C=O) groups excluding carboxylic acids is 2. The molecule has 4 rings (SSSR count). The number of hydrogen-bond acceptors (Lipinski definition) is 6. The molecule has 8 atom stereocenters. The molecule has 0 aromatic rings. The number of fused-ring (bicyclic) bond motifs is 5. The van der Waals surface area contributed by atoms with Crippen molar-refractivity contribution in [3.05, 3.63) is 16.6 Å². The second-order valence-electron chi connectivity index (χ2n) is 10.2. The molecule has 0 heterocycles. The van der Waals surface area contributed by atoms with Gasteiger partial charge in [-0.15, -0.1) is 0 Å². The zero-order chi connectivity index (χ0) is 21.0. The third-order valence-electron chi connectivity index (χ3n) is 8.76. The van der Waals surface area contributed by atoms with Gasteiger partial charge in [-0.25, -0.2) is 0 Å². The summed E-state index contributed by atoms with van der Waals surface area (Å²) in [6, 6.07) is -0.347. The summed E-state index contributed by atoms with van der Waals surface area (Å²) < 4.78 is 11.2. The van der Waals surface area contributed by atoms with Gasteiger partial charge >= 0.3 is 11.9 Å². The molecule has 4 aliphatic rings. The lowest BCUT2D eigenvalue weighted by molar-refractivity contribution is -0.157. The van der Waals surface area contributed by atoms with Crippen LogP contribution in [0.25, 0.3) is 0 Å². The first-order valence-electron chi connectivity index (χ1n) is 11.1. The number of nitrogens with zero attached hydrogens (tertiary/aromatic N) is 1. The summed E-state index contributed by atoms with van der Waals surface area (Å²) in [4.78, 5) is 35.0. The fourth-order valence-corrected chi connectivity index (χ4v) is 7.40. The number of esters is 2. The Bertz CT molecular complexity index is 748. The van der Waals surface area contributed by atoms with Gasteiger partial charge in [0.1, 0.15) is 18.2 Å². The van der Waals surface area contributed by atoms with Crippen molar-refractivity contribution in [2.24, 2.45) is 33.8 Å². The van der Waals surface area contributed by atoms with Crippen molar-refractivity contribution in [2.45, 2.75) is 90.9 Å². The fourth-order valence-electron chi connectivity index (χ4n) is 7.40. The molecule has 0 radical (unpaired) electrons. The average molecular weight is 404 g/mol. The van der Waals surface area contributed by atoms with E-state index >= 15 is 0 Å². The first-order valence-corrected chi connectivity index (χ1v) is 11.1. The van der Waals surface area contributed by atoms with E-state index in [1.165, 1.54) is 19.4 Å². The summed E-state index contributed by atoms with van der Waals surface area (Å²) in [5.41, 5.74) is 1.20. The molecule has 0 aromatic heterocycles. The molecule has 6 nitrogen and oxygen atoms in total. The highest BCUT2D eigenvalue weighted by molar-refractivity contribution is 5.66. The van der Waals surface area contributed by atoms with Gasteiger partial charge in [0.05, 0.1) is 0 Å². The standard InChI is InChI=1S/C23H33NO5/c1-13(25)28-16-7-9-22(3)15(11-16)12-19(24-27)21-17-5-6-20(29-14(2)26)23(17,4)10-8-18(21)22/h12,16-21H,5-11H2,1-4H3/t16?,17-,18+,19?,20?,21-,22-,23-/m0/s1. The second kappa shape index (κ2) is 7.21. The highest BCUT2D eigenvalue weighted by Crippen LogP contribution is 2.65.